The van der Waals surface area contributed by atoms with E-state index in [2.05, 4.69) is 10.6 Å². The summed E-state index contributed by atoms with van der Waals surface area (Å²) in [6.45, 7) is 2.56. The Morgan fingerprint density at radius 3 is 2.63 bits per heavy atom. The quantitative estimate of drug-likeness (QED) is 0.493. The largest absolute Gasteiger partial charge is 0.497 e. The lowest BCUT2D eigenvalue weighted by Gasteiger charge is -2.34. The number of ketones is 1. The summed E-state index contributed by atoms with van der Waals surface area (Å²) in [5.74, 6) is 1.45. The van der Waals surface area contributed by atoms with Crippen LogP contribution in [0.25, 0.3) is 0 Å². The summed E-state index contributed by atoms with van der Waals surface area (Å²) in [6, 6.07) is 18.2. The van der Waals surface area contributed by atoms with Crippen molar-refractivity contribution >= 4 is 23.2 Å². The fourth-order valence-electron chi connectivity index (χ4n) is 4.96. The van der Waals surface area contributed by atoms with Crippen molar-refractivity contribution in [1.82, 2.24) is 5.32 Å². The maximum Gasteiger partial charge on any atom is 0.322 e. The zero-order valence-electron chi connectivity index (χ0n) is 19.9. The van der Waals surface area contributed by atoms with E-state index in [4.69, 9.17) is 9.15 Å². The van der Waals surface area contributed by atoms with Crippen LogP contribution in [-0.2, 0) is 4.79 Å². The Bertz CT molecular complexity index is 1250. The monoisotopic (exact) mass is 471 g/mol. The van der Waals surface area contributed by atoms with Gasteiger partial charge in [0.2, 0.25) is 0 Å². The molecule has 1 aliphatic carbocycles. The minimum atomic E-state index is -0.589. The van der Waals surface area contributed by atoms with E-state index < -0.39 is 6.04 Å². The van der Waals surface area contributed by atoms with Gasteiger partial charge in [0.05, 0.1) is 30.8 Å². The molecule has 1 aliphatic heterocycles. The van der Waals surface area contributed by atoms with Crippen molar-refractivity contribution in [3.63, 3.8) is 0 Å². The van der Waals surface area contributed by atoms with Gasteiger partial charge in [0.25, 0.3) is 0 Å². The molecule has 5 rings (SSSR count). The van der Waals surface area contributed by atoms with Gasteiger partial charge in [0, 0.05) is 30.2 Å². The van der Waals surface area contributed by atoms with Crippen molar-refractivity contribution in [3.8, 4) is 5.75 Å². The molecule has 2 atom stereocenters. The number of fused-ring (bicyclic) bond motifs is 1. The van der Waals surface area contributed by atoms with Gasteiger partial charge in [-0.05, 0) is 54.8 Å². The number of nitrogens with one attached hydrogen (secondary N) is 2. The summed E-state index contributed by atoms with van der Waals surface area (Å²) in [7, 11) is 1.62. The van der Waals surface area contributed by atoms with Crippen LogP contribution < -0.4 is 20.3 Å². The number of ether oxygens (including phenoxy) is 1. The minimum absolute atomic E-state index is 0.00191. The molecule has 2 aromatic carbocycles. The van der Waals surface area contributed by atoms with E-state index in [1.807, 2.05) is 67.6 Å². The van der Waals surface area contributed by atoms with Crippen LogP contribution >= 0.6 is 0 Å². The van der Waals surface area contributed by atoms with E-state index >= 15 is 0 Å². The molecule has 2 amide bonds. The summed E-state index contributed by atoms with van der Waals surface area (Å²) in [5, 5.41) is 6.54. The number of amides is 2. The van der Waals surface area contributed by atoms with E-state index in [9.17, 15) is 9.59 Å². The normalized spacial score (nSPS) is 19.4. The molecule has 180 valence electrons. The van der Waals surface area contributed by atoms with E-state index in [0.717, 1.165) is 34.8 Å². The van der Waals surface area contributed by atoms with Crippen molar-refractivity contribution in [2.45, 2.75) is 38.1 Å². The zero-order valence-corrected chi connectivity index (χ0v) is 19.9. The van der Waals surface area contributed by atoms with E-state index in [1.54, 1.807) is 18.3 Å². The van der Waals surface area contributed by atoms with Gasteiger partial charge < -0.3 is 19.8 Å². The van der Waals surface area contributed by atoms with Crippen molar-refractivity contribution in [1.29, 1.82) is 0 Å². The lowest BCUT2D eigenvalue weighted by atomic mass is 9.80. The van der Waals surface area contributed by atoms with Gasteiger partial charge >= 0.3 is 6.03 Å². The van der Waals surface area contributed by atoms with Gasteiger partial charge in [-0.25, -0.2) is 4.79 Å². The number of carbonyl (C=O) groups excluding carboxylic acids is 2. The van der Waals surface area contributed by atoms with Crippen LogP contribution in [0.1, 0.15) is 49.5 Å². The molecule has 0 radical (unpaired) electrons. The van der Waals surface area contributed by atoms with Crippen LogP contribution in [0.5, 0.6) is 5.75 Å². The number of hydrogen-bond acceptors (Lipinski definition) is 5. The fourth-order valence-corrected chi connectivity index (χ4v) is 4.96. The first-order valence-corrected chi connectivity index (χ1v) is 12.0. The van der Waals surface area contributed by atoms with Crippen molar-refractivity contribution in [2.75, 3.05) is 23.9 Å². The maximum atomic E-state index is 13.8. The number of rotatable bonds is 5. The molecule has 2 unspecified atom stereocenters. The number of methoxy groups -OCH3 is 1. The summed E-state index contributed by atoms with van der Waals surface area (Å²) in [4.78, 5) is 29.1. The Morgan fingerprint density at radius 2 is 1.91 bits per heavy atom. The molecular weight excluding hydrogens is 442 g/mol. The van der Waals surface area contributed by atoms with Crippen LogP contribution in [-0.4, -0.2) is 25.5 Å². The first-order valence-electron chi connectivity index (χ1n) is 12.0. The predicted molar refractivity (Wildman–Crippen MR) is 135 cm³/mol. The average molecular weight is 472 g/mol. The highest BCUT2D eigenvalue weighted by molar-refractivity contribution is 6.06. The fraction of sp³-hybridized carbons (Fsp3) is 0.286. The Hall–Kier alpha value is -4.00. The molecule has 0 fully saturated rings. The second kappa shape index (κ2) is 9.70. The highest BCUT2D eigenvalue weighted by Gasteiger charge is 2.42. The first-order chi connectivity index (χ1) is 17.1. The number of para-hydroxylation sites is 2. The number of allylic oxidation sites excluding steroid dienone is 1. The number of hydrogen-bond donors (Lipinski definition) is 2. The Kier molecular flexibility index (Phi) is 6.31. The molecule has 0 saturated heterocycles. The summed E-state index contributed by atoms with van der Waals surface area (Å²) in [6.07, 6.45) is 3.38. The third kappa shape index (κ3) is 4.30. The standard InChI is InChI=1S/C28H29N3O4/c1-3-14-29-28(33)31-23-8-5-4-7-21(23)30-22-16-19(25-9-6-15-35-25)17-24(32)26(22)27(31)18-10-12-20(34-2)13-11-18/h4-13,15,19,27,30H,3,14,16-17H2,1-2H3,(H,29,33). The van der Waals surface area contributed by atoms with Crippen molar-refractivity contribution in [3.05, 3.63) is 89.5 Å². The number of carbonyl (C=O) groups is 2. The van der Waals surface area contributed by atoms with Gasteiger partial charge in [0.1, 0.15) is 11.5 Å². The molecule has 3 aromatic rings. The third-order valence-corrected chi connectivity index (χ3v) is 6.61. The van der Waals surface area contributed by atoms with Gasteiger partial charge in [-0.2, -0.15) is 0 Å². The molecule has 2 N–H and O–H groups in total. The third-order valence-electron chi connectivity index (χ3n) is 6.61. The number of nitrogens with zero attached hydrogens (tertiary/aromatic N) is 1. The molecule has 1 aromatic heterocycles. The SMILES string of the molecule is CCCNC(=O)N1c2ccccc2NC2=C(C(=O)CC(c3ccco3)C2)C1c1ccc(OC)cc1. The maximum absolute atomic E-state index is 13.8. The Balaban J connectivity index is 1.69. The number of urea groups is 1. The topological polar surface area (TPSA) is 83.8 Å². The summed E-state index contributed by atoms with van der Waals surface area (Å²) >= 11 is 0. The van der Waals surface area contributed by atoms with Crippen LogP contribution in [0.4, 0.5) is 16.2 Å². The highest BCUT2D eigenvalue weighted by Crippen LogP contribution is 2.47. The predicted octanol–water partition coefficient (Wildman–Crippen LogP) is 5.78. The van der Waals surface area contributed by atoms with Gasteiger partial charge in [0.15, 0.2) is 5.78 Å². The zero-order chi connectivity index (χ0) is 24.4. The number of furan rings is 1. The second-order valence-corrected chi connectivity index (χ2v) is 8.86. The Labute approximate surface area is 204 Å². The molecular formula is C28H29N3O4. The molecule has 35 heavy (non-hydrogen) atoms. The lowest BCUT2D eigenvalue weighted by molar-refractivity contribution is -0.116. The molecule has 7 heteroatoms. The smallest absolute Gasteiger partial charge is 0.322 e. The number of Topliss-reactive ketones (excluding diaryl/α,β-unsaturated/α-hetero) is 1. The molecule has 0 saturated carbocycles. The van der Waals surface area contributed by atoms with Gasteiger partial charge in [-0.15, -0.1) is 0 Å². The first kappa shape index (κ1) is 22.8. The highest BCUT2D eigenvalue weighted by atomic mass is 16.5. The summed E-state index contributed by atoms with van der Waals surface area (Å²) < 4.78 is 11.0. The average Bonchev–Trinajstić information content (AvgIpc) is 3.37. The van der Waals surface area contributed by atoms with Crippen LogP contribution in [0.15, 0.2) is 82.6 Å². The Morgan fingerprint density at radius 1 is 1.11 bits per heavy atom. The van der Waals surface area contributed by atoms with Gasteiger partial charge in [-0.3, -0.25) is 9.69 Å². The van der Waals surface area contributed by atoms with Crippen molar-refractivity contribution < 1.29 is 18.7 Å². The summed E-state index contributed by atoms with van der Waals surface area (Å²) in [5.41, 5.74) is 3.78. The molecule has 0 spiro atoms. The number of benzene rings is 2. The van der Waals surface area contributed by atoms with Crippen LogP contribution in [0, 0.1) is 0 Å². The van der Waals surface area contributed by atoms with E-state index in [-0.39, 0.29) is 17.7 Å². The molecule has 7 nitrogen and oxygen atoms in total. The molecule has 2 heterocycles. The minimum Gasteiger partial charge on any atom is -0.497 e. The second-order valence-electron chi connectivity index (χ2n) is 8.86. The van der Waals surface area contributed by atoms with Crippen LogP contribution in [0.2, 0.25) is 0 Å². The van der Waals surface area contributed by atoms with E-state index in [0.29, 0.717) is 30.7 Å². The van der Waals surface area contributed by atoms with Crippen LogP contribution in [0.3, 0.4) is 0 Å². The number of anilines is 2. The van der Waals surface area contributed by atoms with Crippen molar-refractivity contribution in [2.24, 2.45) is 0 Å². The lowest BCUT2D eigenvalue weighted by Crippen LogP contribution is -2.44. The molecule has 0 bridgehead atoms. The molecule has 2 aliphatic rings. The van der Waals surface area contributed by atoms with Gasteiger partial charge in [-0.1, -0.05) is 31.2 Å². The van der Waals surface area contributed by atoms with E-state index in [1.165, 1.54) is 0 Å².